The van der Waals surface area contributed by atoms with Gasteiger partial charge in [0, 0.05) is 6.42 Å². The lowest BCUT2D eigenvalue weighted by molar-refractivity contribution is -0.138. The number of esters is 1. The van der Waals surface area contributed by atoms with Gasteiger partial charge in [0.25, 0.3) is 0 Å². The molecule has 1 rings (SSSR count). The van der Waals surface area contributed by atoms with Gasteiger partial charge in [0.05, 0.1) is 11.5 Å². The van der Waals surface area contributed by atoms with E-state index in [1.165, 1.54) is 24.3 Å². The van der Waals surface area contributed by atoms with Gasteiger partial charge in [-0.2, -0.15) is 9.18 Å². The van der Waals surface area contributed by atoms with Crippen LogP contribution in [0, 0.1) is 0 Å². The molecule has 0 atom stereocenters. The lowest BCUT2D eigenvalue weighted by atomic mass is 10.4. The van der Waals surface area contributed by atoms with E-state index in [0.29, 0.717) is 6.21 Å². The van der Waals surface area contributed by atoms with Gasteiger partial charge < -0.3 is 10.3 Å². The number of rotatable bonds is 6. The van der Waals surface area contributed by atoms with Crippen LogP contribution in [-0.4, -0.2) is 32.0 Å². The van der Waals surface area contributed by atoms with Crippen LogP contribution in [-0.2, 0) is 19.4 Å². The lowest BCUT2D eigenvalue weighted by Gasteiger charge is -2.01. The predicted octanol–water partition coefficient (Wildman–Crippen LogP) is 1.51. The first-order valence-corrected chi connectivity index (χ1v) is 6.97. The summed E-state index contributed by atoms with van der Waals surface area (Å²) in [6.07, 6.45) is 1.22. The minimum absolute atomic E-state index is 0.122. The monoisotopic (exact) mass is 298 g/mol. The summed E-state index contributed by atoms with van der Waals surface area (Å²) in [4.78, 5) is 13.0. The summed E-state index contributed by atoms with van der Waals surface area (Å²) in [6.45, 7) is -0.234. The van der Waals surface area contributed by atoms with E-state index in [9.17, 15) is 17.6 Å². The zero-order chi connectivity index (χ0) is 15.0. The van der Waals surface area contributed by atoms with Crippen LogP contribution in [0.3, 0.4) is 0 Å². The lowest BCUT2D eigenvalue weighted by Crippen LogP contribution is -2.07. The van der Waals surface area contributed by atoms with Gasteiger partial charge in [0.15, 0.2) is 0 Å². The Balaban J connectivity index is 2.65. The Morgan fingerprint density at radius 1 is 1.35 bits per heavy atom. The first-order chi connectivity index (χ1) is 9.48. The molecule has 106 valence electrons. The summed E-state index contributed by atoms with van der Waals surface area (Å²) < 4.78 is 41.6. The Bertz CT molecular complexity index is 649. The molecule has 0 fully saturated rings. The highest BCUT2D eigenvalue weighted by Crippen LogP contribution is 2.20. The van der Waals surface area contributed by atoms with Crippen molar-refractivity contribution >= 4 is 22.0 Å². The molecule has 0 aromatic heterocycles. The van der Waals surface area contributed by atoms with E-state index in [1.54, 1.807) is 6.07 Å². The molecule has 0 saturated heterocycles. The number of hydrogen-bond acceptors (Lipinski definition) is 4. The van der Waals surface area contributed by atoms with E-state index in [2.05, 4.69) is 9.53 Å². The number of hydrogen-bond donors (Lipinski definition) is 0. The largest absolute Gasteiger partial charge is 0.457 e. The van der Waals surface area contributed by atoms with Crippen LogP contribution >= 0.6 is 0 Å². The Labute approximate surface area is 115 Å². The maximum Gasteiger partial charge on any atom is 0.413 e. The zero-order valence-electron chi connectivity index (χ0n) is 10.3. The summed E-state index contributed by atoms with van der Waals surface area (Å²) in [5, 5.41) is -1.31. The molecule has 6 nitrogen and oxygen atoms in total. The molecule has 0 radical (unpaired) electrons. The molecule has 0 saturated carbocycles. The molecule has 0 unspecified atom stereocenters. The molecule has 0 amide bonds. The molecule has 0 aliphatic heterocycles. The van der Waals surface area contributed by atoms with Crippen molar-refractivity contribution in [1.82, 2.24) is 0 Å². The number of nitrogens with zero attached hydrogens (tertiary/aromatic N) is 2. The van der Waals surface area contributed by atoms with Crippen LogP contribution < -0.4 is 0 Å². The second-order valence-electron chi connectivity index (χ2n) is 3.53. The summed E-state index contributed by atoms with van der Waals surface area (Å²) in [5.74, 6) is -0.910. The summed E-state index contributed by atoms with van der Waals surface area (Å²) >= 11 is 0. The molecular weight excluding hydrogens is 287 g/mol. The summed E-state index contributed by atoms with van der Waals surface area (Å²) in [6, 6.07) is 7.14. The highest BCUT2D eigenvalue weighted by molar-refractivity contribution is 7.95. The topological polar surface area (TPSA) is 96.8 Å². The zero-order valence-corrected chi connectivity index (χ0v) is 11.1. The number of ether oxygens (including phenoxy) is 1. The van der Waals surface area contributed by atoms with Crippen molar-refractivity contribution in [2.24, 2.45) is 0 Å². The van der Waals surface area contributed by atoms with Crippen molar-refractivity contribution in [3.63, 3.8) is 0 Å². The number of sulfone groups is 1. The Hall–Kier alpha value is -2.31. The molecule has 20 heavy (non-hydrogen) atoms. The maximum absolute atomic E-state index is 13.6. The second kappa shape index (κ2) is 7.32. The van der Waals surface area contributed by atoms with Gasteiger partial charge in [0.1, 0.15) is 0 Å². The van der Waals surface area contributed by atoms with Crippen molar-refractivity contribution in [2.45, 2.75) is 11.3 Å². The van der Waals surface area contributed by atoms with E-state index in [4.69, 9.17) is 5.53 Å². The predicted molar refractivity (Wildman–Crippen MR) is 68.1 cm³/mol. The smallest absolute Gasteiger partial charge is 0.413 e. The van der Waals surface area contributed by atoms with Crippen LogP contribution in [0.5, 0.6) is 0 Å². The van der Waals surface area contributed by atoms with Crippen LogP contribution in [0.15, 0.2) is 46.5 Å². The van der Waals surface area contributed by atoms with Gasteiger partial charge in [-0.05, 0) is 18.2 Å². The van der Waals surface area contributed by atoms with Crippen LogP contribution in [0.25, 0.3) is 5.53 Å². The SMILES string of the molecule is [N-]=[N+]=CC(=O)OCC/C=C(\F)S(=O)(=O)c1ccccc1. The molecule has 0 aliphatic carbocycles. The first kappa shape index (κ1) is 15.7. The van der Waals surface area contributed by atoms with E-state index in [0.717, 1.165) is 6.08 Å². The third kappa shape index (κ3) is 4.42. The first-order valence-electron chi connectivity index (χ1n) is 5.48. The van der Waals surface area contributed by atoms with Crippen molar-refractivity contribution < 1.29 is 27.1 Å². The average Bonchev–Trinajstić information content (AvgIpc) is 2.44. The Kier molecular flexibility index (Phi) is 5.76. The fraction of sp³-hybridized carbons (Fsp3) is 0.167. The third-order valence-electron chi connectivity index (χ3n) is 2.14. The van der Waals surface area contributed by atoms with Crippen LogP contribution in [0.1, 0.15) is 6.42 Å². The quantitative estimate of drug-likeness (QED) is 0.261. The summed E-state index contributed by atoms with van der Waals surface area (Å²) in [5.41, 5.74) is 8.03. The third-order valence-corrected chi connectivity index (χ3v) is 3.71. The molecule has 0 bridgehead atoms. The normalized spacial score (nSPS) is 11.6. The summed E-state index contributed by atoms with van der Waals surface area (Å²) in [7, 11) is -4.16. The van der Waals surface area contributed by atoms with Crippen LogP contribution in [0.4, 0.5) is 4.39 Å². The van der Waals surface area contributed by atoms with E-state index in [-0.39, 0.29) is 17.9 Å². The molecule has 0 spiro atoms. The molecule has 8 heteroatoms. The van der Waals surface area contributed by atoms with Crippen molar-refractivity contribution in [2.75, 3.05) is 6.61 Å². The second-order valence-corrected chi connectivity index (χ2v) is 5.39. The number of halogens is 1. The van der Waals surface area contributed by atoms with Gasteiger partial charge in [0.2, 0.25) is 15.0 Å². The van der Waals surface area contributed by atoms with E-state index >= 15 is 0 Å². The van der Waals surface area contributed by atoms with Crippen LogP contribution in [0.2, 0.25) is 0 Å². The van der Waals surface area contributed by atoms with E-state index in [1.807, 2.05) is 0 Å². The molecule has 0 aliphatic rings. The Morgan fingerprint density at radius 3 is 2.60 bits per heavy atom. The van der Waals surface area contributed by atoms with Gasteiger partial charge in [-0.15, -0.1) is 0 Å². The minimum atomic E-state index is -4.16. The van der Waals surface area contributed by atoms with Crippen molar-refractivity contribution in [1.29, 1.82) is 0 Å². The average molecular weight is 298 g/mol. The standard InChI is InChI=1S/C12H11FN2O4S/c13-11(7-4-8-19-12(16)9-15-14)20(17,18)10-5-2-1-3-6-10/h1-3,5-7,9H,4,8H2/b11-7+. The van der Waals surface area contributed by atoms with Crippen molar-refractivity contribution in [3.05, 3.63) is 47.1 Å². The van der Waals surface area contributed by atoms with Gasteiger partial charge in [-0.1, -0.05) is 18.2 Å². The molecule has 0 heterocycles. The van der Waals surface area contributed by atoms with Crippen molar-refractivity contribution in [3.8, 4) is 0 Å². The highest BCUT2D eigenvalue weighted by Gasteiger charge is 2.19. The Morgan fingerprint density at radius 2 is 2.00 bits per heavy atom. The molecule has 0 N–H and O–H groups in total. The fourth-order valence-corrected chi connectivity index (χ4v) is 2.32. The molecule has 1 aromatic carbocycles. The number of carbonyl (C=O) groups is 1. The molecular formula is C12H11FN2O4S. The van der Waals surface area contributed by atoms with E-state index < -0.39 is 21.0 Å². The van der Waals surface area contributed by atoms with Gasteiger partial charge in [-0.3, -0.25) is 0 Å². The fourth-order valence-electron chi connectivity index (χ4n) is 1.24. The number of carbonyl (C=O) groups excluding carboxylic acids is 1. The van der Waals surface area contributed by atoms with Gasteiger partial charge in [-0.25, -0.2) is 13.2 Å². The number of benzene rings is 1. The minimum Gasteiger partial charge on any atom is -0.457 e. The highest BCUT2D eigenvalue weighted by atomic mass is 32.2. The van der Waals surface area contributed by atoms with Gasteiger partial charge >= 0.3 is 12.2 Å². The molecule has 1 aromatic rings. The maximum atomic E-state index is 13.6.